The molecule has 11 heteroatoms. The SMILES string of the molecule is CCSc1nc2c(ccc3[nH]ccc32)c(=O)[nH]1.I.O=c1[nH]c(=O)c2ccc3[nH]ccc3c2[nH]1. The predicted octanol–water partition coefficient (Wildman–Crippen LogP) is 3.83. The van der Waals surface area contributed by atoms with Gasteiger partial charge < -0.3 is 19.9 Å². The van der Waals surface area contributed by atoms with Crippen LogP contribution in [0.25, 0.3) is 43.6 Å². The van der Waals surface area contributed by atoms with Crippen molar-refractivity contribution in [1.29, 1.82) is 0 Å². The van der Waals surface area contributed by atoms with E-state index in [9.17, 15) is 14.4 Å². The average molecular weight is 574 g/mol. The molecule has 0 saturated carbocycles. The number of benzene rings is 2. The van der Waals surface area contributed by atoms with Crippen LogP contribution >= 0.6 is 35.7 Å². The number of thioether (sulfide) groups is 1. The van der Waals surface area contributed by atoms with Gasteiger partial charge in [0.2, 0.25) is 0 Å². The summed E-state index contributed by atoms with van der Waals surface area (Å²) < 4.78 is 0. The van der Waals surface area contributed by atoms with E-state index in [2.05, 4.69) is 29.9 Å². The first kappa shape index (κ1) is 22.9. The molecule has 0 radical (unpaired) electrons. The molecule has 0 aliphatic carbocycles. The Morgan fingerprint density at radius 1 is 0.758 bits per heavy atom. The standard InChI is InChI=1S/C12H11N3OS.C10H7N3O2.HI/c1-2-17-12-14-10-7-5-6-13-9(7)4-3-8(10)11(16)15-12;14-9-6-1-2-7-5(3-4-11-7)8(6)12-10(15)13-9;/h3-6,13H,2H2,1H3,(H,14,15,16);1-4,11H,(H2,12,13,14,15);1H. The third kappa shape index (κ3) is 4.20. The lowest BCUT2D eigenvalue weighted by Gasteiger charge is -2.02. The summed E-state index contributed by atoms with van der Waals surface area (Å²) >= 11 is 1.54. The van der Waals surface area contributed by atoms with E-state index in [1.165, 1.54) is 11.8 Å². The lowest BCUT2D eigenvalue weighted by molar-refractivity contribution is 0.977. The van der Waals surface area contributed by atoms with Crippen molar-refractivity contribution in [3.63, 3.8) is 0 Å². The molecule has 0 amide bonds. The fourth-order valence-electron chi connectivity index (χ4n) is 3.69. The van der Waals surface area contributed by atoms with Gasteiger partial charge in [-0.05, 0) is 42.2 Å². The summed E-state index contributed by atoms with van der Waals surface area (Å²) in [6.45, 7) is 2.03. The fourth-order valence-corrected chi connectivity index (χ4v) is 4.29. The van der Waals surface area contributed by atoms with Crippen LogP contribution in [-0.4, -0.2) is 35.7 Å². The molecule has 33 heavy (non-hydrogen) atoms. The number of nitrogens with zero attached hydrogens (tertiary/aromatic N) is 1. The van der Waals surface area contributed by atoms with Gasteiger partial charge in [-0.15, -0.1) is 24.0 Å². The van der Waals surface area contributed by atoms with Crippen molar-refractivity contribution in [2.24, 2.45) is 0 Å². The molecular weight excluding hydrogens is 555 g/mol. The summed E-state index contributed by atoms with van der Waals surface area (Å²) in [6, 6.07) is 11.0. The predicted molar refractivity (Wildman–Crippen MR) is 143 cm³/mol. The normalized spacial score (nSPS) is 10.9. The first-order chi connectivity index (χ1) is 15.5. The average Bonchev–Trinajstić information content (AvgIpc) is 3.44. The van der Waals surface area contributed by atoms with Gasteiger partial charge in [-0.1, -0.05) is 18.7 Å². The topological polar surface area (TPSA) is 143 Å². The lowest BCUT2D eigenvalue weighted by Crippen LogP contribution is -2.21. The molecule has 5 N–H and O–H groups in total. The summed E-state index contributed by atoms with van der Waals surface area (Å²) in [5.74, 6) is 0.886. The minimum Gasteiger partial charge on any atom is -0.361 e. The van der Waals surface area contributed by atoms with Crippen molar-refractivity contribution in [1.82, 2.24) is 29.9 Å². The largest absolute Gasteiger partial charge is 0.361 e. The van der Waals surface area contributed by atoms with Crippen molar-refractivity contribution in [3.05, 3.63) is 80.0 Å². The van der Waals surface area contributed by atoms with Crippen LogP contribution in [0.5, 0.6) is 0 Å². The fraction of sp³-hybridized carbons (Fsp3) is 0.0909. The Kier molecular flexibility index (Phi) is 6.42. The lowest BCUT2D eigenvalue weighted by atomic mass is 10.2. The van der Waals surface area contributed by atoms with E-state index in [0.29, 0.717) is 21.4 Å². The summed E-state index contributed by atoms with van der Waals surface area (Å²) in [5, 5.41) is 3.64. The van der Waals surface area contributed by atoms with Gasteiger partial charge in [-0.25, -0.2) is 9.78 Å². The molecule has 0 saturated heterocycles. The Labute approximate surface area is 206 Å². The number of hydrogen-bond acceptors (Lipinski definition) is 5. The summed E-state index contributed by atoms with van der Waals surface area (Å²) in [5.41, 5.74) is 2.31. The van der Waals surface area contributed by atoms with E-state index in [-0.39, 0.29) is 35.1 Å². The molecule has 6 aromatic rings. The number of fused-ring (bicyclic) bond motifs is 6. The van der Waals surface area contributed by atoms with Crippen molar-refractivity contribution >= 4 is 79.4 Å². The Balaban J connectivity index is 0.000000153. The maximum absolute atomic E-state index is 11.9. The molecule has 9 nitrogen and oxygen atoms in total. The Morgan fingerprint density at radius 2 is 1.39 bits per heavy atom. The number of H-pyrrole nitrogens is 5. The summed E-state index contributed by atoms with van der Waals surface area (Å²) in [4.78, 5) is 52.8. The molecule has 0 atom stereocenters. The van der Waals surface area contributed by atoms with Crippen LogP contribution in [0.1, 0.15) is 6.92 Å². The highest BCUT2D eigenvalue weighted by Crippen LogP contribution is 2.22. The highest BCUT2D eigenvalue weighted by molar-refractivity contribution is 14.0. The zero-order chi connectivity index (χ0) is 22.2. The zero-order valence-corrected chi connectivity index (χ0v) is 20.5. The van der Waals surface area contributed by atoms with Crippen LogP contribution in [0.15, 0.2) is 68.3 Å². The second-order valence-corrected chi connectivity index (χ2v) is 8.29. The van der Waals surface area contributed by atoms with Crippen molar-refractivity contribution < 1.29 is 0 Å². The smallest absolute Gasteiger partial charge is 0.326 e. The van der Waals surface area contributed by atoms with Gasteiger partial charge in [0.15, 0.2) is 5.16 Å². The second-order valence-electron chi connectivity index (χ2n) is 7.04. The van der Waals surface area contributed by atoms with E-state index in [4.69, 9.17) is 0 Å². The van der Waals surface area contributed by atoms with Gasteiger partial charge in [0.25, 0.3) is 11.1 Å². The molecule has 0 aliphatic rings. The zero-order valence-electron chi connectivity index (χ0n) is 17.3. The first-order valence-electron chi connectivity index (χ1n) is 9.90. The van der Waals surface area contributed by atoms with Gasteiger partial charge in [-0.2, -0.15) is 0 Å². The molecule has 0 unspecified atom stereocenters. The molecule has 0 fully saturated rings. The monoisotopic (exact) mass is 574 g/mol. The maximum Gasteiger partial charge on any atom is 0.326 e. The molecule has 168 valence electrons. The number of rotatable bonds is 2. The maximum atomic E-state index is 11.9. The molecule has 0 aliphatic heterocycles. The highest BCUT2D eigenvalue weighted by Gasteiger charge is 2.08. The van der Waals surface area contributed by atoms with Crippen molar-refractivity contribution in [2.75, 3.05) is 5.75 Å². The van der Waals surface area contributed by atoms with Crippen LogP contribution in [0.2, 0.25) is 0 Å². The van der Waals surface area contributed by atoms with Gasteiger partial charge >= 0.3 is 5.69 Å². The van der Waals surface area contributed by atoms with Crippen molar-refractivity contribution in [3.8, 4) is 0 Å². The number of hydrogen-bond donors (Lipinski definition) is 5. The molecule has 0 spiro atoms. The molecule has 4 aromatic heterocycles. The van der Waals surface area contributed by atoms with Gasteiger partial charge in [0, 0.05) is 34.2 Å². The number of halogens is 1. The Morgan fingerprint density at radius 3 is 2.12 bits per heavy atom. The van der Waals surface area contributed by atoms with Gasteiger partial charge in [-0.3, -0.25) is 14.6 Å². The third-order valence-corrected chi connectivity index (χ3v) is 5.87. The minimum absolute atomic E-state index is 0. The van der Waals surface area contributed by atoms with Crippen LogP contribution in [0, 0.1) is 0 Å². The van der Waals surface area contributed by atoms with Crippen LogP contribution in [-0.2, 0) is 0 Å². The third-order valence-electron chi connectivity index (χ3n) is 5.11. The van der Waals surface area contributed by atoms with Gasteiger partial charge in [0.05, 0.1) is 21.8 Å². The minimum atomic E-state index is -0.485. The van der Waals surface area contributed by atoms with E-state index >= 15 is 0 Å². The Hall–Kier alpha value is -3.32. The van der Waals surface area contributed by atoms with Crippen LogP contribution < -0.4 is 16.8 Å². The molecule has 4 heterocycles. The number of nitrogens with one attached hydrogen (secondary N) is 5. The van der Waals surface area contributed by atoms with Crippen molar-refractivity contribution in [2.45, 2.75) is 12.1 Å². The highest BCUT2D eigenvalue weighted by atomic mass is 127. The van der Waals surface area contributed by atoms with E-state index in [0.717, 1.165) is 33.1 Å². The number of aromatic amines is 5. The quantitative estimate of drug-likeness (QED) is 0.121. The van der Waals surface area contributed by atoms with Gasteiger partial charge in [0.1, 0.15) is 0 Å². The molecule has 6 rings (SSSR count). The Bertz CT molecular complexity index is 1780. The second kappa shape index (κ2) is 9.27. The summed E-state index contributed by atoms with van der Waals surface area (Å²) in [7, 11) is 0. The summed E-state index contributed by atoms with van der Waals surface area (Å²) in [6.07, 6.45) is 3.63. The van der Waals surface area contributed by atoms with E-state index < -0.39 is 5.69 Å². The molecule has 2 aromatic carbocycles. The molecule has 0 bridgehead atoms. The van der Waals surface area contributed by atoms with Crippen LogP contribution in [0.4, 0.5) is 0 Å². The van der Waals surface area contributed by atoms with Crippen LogP contribution in [0.3, 0.4) is 0 Å². The molecular formula is C22H19IN6O3S. The first-order valence-corrected chi connectivity index (χ1v) is 10.9. The van der Waals surface area contributed by atoms with E-state index in [1.54, 1.807) is 18.3 Å². The van der Waals surface area contributed by atoms with E-state index in [1.807, 2.05) is 37.4 Å². The number of aromatic nitrogens is 6.